The minimum Gasteiger partial charge on any atom is -0.346 e. The molecule has 0 bridgehead atoms. The Morgan fingerprint density at radius 1 is 1.21 bits per heavy atom. The van der Waals surface area contributed by atoms with E-state index >= 15 is 0 Å². The average Bonchev–Trinajstić information content (AvgIpc) is 2.57. The molecule has 0 aromatic rings. The van der Waals surface area contributed by atoms with E-state index in [1.807, 2.05) is 50.7 Å². The van der Waals surface area contributed by atoms with Crippen LogP contribution >= 0.6 is 8.53 Å². The highest BCUT2D eigenvalue weighted by Crippen LogP contribution is 2.47. The number of carbonyl (C=O) groups excluding carboxylic acids is 1. The van der Waals surface area contributed by atoms with Crippen LogP contribution in [0.25, 0.3) is 0 Å². The van der Waals surface area contributed by atoms with Gasteiger partial charge < -0.3 is 14.4 Å². The van der Waals surface area contributed by atoms with Gasteiger partial charge in [0, 0.05) is 18.6 Å². The molecule has 0 aliphatic heterocycles. The van der Waals surface area contributed by atoms with E-state index in [4.69, 9.17) is 14.3 Å². The van der Waals surface area contributed by atoms with Gasteiger partial charge in [0.15, 0.2) is 0 Å². The van der Waals surface area contributed by atoms with Gasteiger partial charge in [-0.25, -0.2) is 4.67 Å². The Morgan fingerprint density at radius 2 is 1.82 bits per heavy atom. The van der Waals surface area contributed by atoms with Crippen LogP contribution in [0.1, 0.15) is 66.7 Å². The zero-order valence-corrected chi connectivity index (χ0v) is 18.3. The summed E-state index contributed by atoms with van der Waals surface area (Å²) in [6.07, 6.45) is -2.19. The smallest absolute Gasteiger partial charge is 0.346 e. The molecular formula is C18H33F3N3O3P. The van der Waals surface area contributed by atoms with Crippen molar-refractivity contribution in [1.82, 2.24) is 9.99 Å². The van der Waals surface area contributed by atoms with Gasteiger partial charge in [-0.3, -0.25) is 4.79 Å². The fraction of sp³-hybridized carbons (Fsp3) is 0.889. The fourth-order valence-corrected chi connectivity index (χ4v) is 4.28. The molecule has 0 rings (SSSR count). The van der Waals surface area contributed by atoms with Crippen LogP contribution in [-0.2, 0) is 13.8 Å². The summed E-state index contributed by atoms with van der Waals surface area (Å²) in [7, 11) is -1.58. The Hall–Kier alpha value is -0.940. The minimum atomic E-state index is -4.93. The lowest BCUT2D eigenvalue weighted by atomic mass is 10.1. The van der Waals surface area contributed by atoms with Gasteiger partial charge in [-0.15, -0.1) is 0 Å². The molecule has 0 saturated carbocycles. The van der Waals surface area contributed by atoms with E-state index in [2.05, 4.69) is 0 Å². The number of nitriles is 1. The van der Waals surface area contributed by atoms with Gasteiger partial charge >= 0.3 is 12.1 Å². The number of hydrogen-bond acceptors (Lipinski definition) is 5. The van der Waals surface area contributed by atoms with Crippen molar-refractivity contribution < 1.29 is 27.0 Å². The van der Waals surface area contributed by atoms with Gasteiger partial charge in [-0.2, -0.15) is 18.4 Å². The Morgan fingerprint density at radius 3 is 2.29 bits per heavy atom. The van der Waals surface area contributed by atoms with E-state index in [1.54, 1.807) is 0 Å². The lowest BCUT2D eigenvalue weighted by molar-refractivity contribution is -0.173. The molecule has 0 aliphatic carbocycles. The molecule has 0 spiro atoms. The SMILES string of the molecule is CCCCCC(CNC(=O)C(F)(F)F)OP(OCCC#N)N(C(C)C)C(C)C. The molecule has 2 atom stereocenters. The molecule has 28 heavy (non-hydrogen) atoms. The van der Waals surface area contributed by atoms with Crippen LogP contribution < -0.4 is 5.32 Å². The van der Waals surface area contributed by atoms with E-state index in [0.29, 0.717) is 6.42 Å². The van der Waals surface area contributed by atoms with Crippen LogP contribution in [0.3, 0.4) is 0 Å². The second kappa shape index (κ2) is 14.1. The summed E-state index contributed by atoms with van der Waals surface area (Å²) in [5.74, 6) is -1.98. The van der Waals surface area contributed by atoms with E-state index in [1.165, 1.54) is 0 Å². The second-order valence-electron chi connectivity index (χ2n) is 6.98. The van der Waals surface area contributed by atoms with Crippen molar-refractivity contribution in [3.8, 4) is 6.07 Å². The number of unbranched alkanes of at least 4 members (excludes halogenated alkanes) is 2. The quantitative estimate of drug-likeness (QED) is 0.315. The highest BCUT2D eigenvalue weighted by Gasteiger charge is 2.39. The van der Waals surface area contributed by atoms with Crippen molar-refractivity contribution in [2.75, 3.05) is 13.2 Å². The maximum Gasteiger partial charge on any atom is 0.471 e. The number of nitrogens with zero attached hydrogens (tertiary/aromatic N) is 2. The first kappa shape index (κ1) is 27.1. The summed E-state index contributed by atoms with van der Waals surface area (Å²) in [5.41, 5.74) is 0. The predicted octanol–water partition coefficient (Wildman–Crippen LogP) is 4.91. The summed E-state index contributed by atoms with van der Waals surface area (Å²) in [5, 5.41) is 10.7. The molecule has 0 heterocycles. The number of amides is 1. The van der Waals surface area contributed by atoms with Crippen molar-refractivity contribution in [2.24, 2.45) is 0 Å². The third kappa shape index (κ3) is 11.2. The van der Waals surface area contributed by atoms with Crippen molar-refractivity contribution in [3.05, 3.63) is 0 Å². The van der Waals surface area contributed by atoms with Crippen LogP contribution in [-0.4, -0.2) is 48.1 Å². The van der Waals surface area contributed by atoms with Crippen molar-refractivity contribution >= 4 is 14.4 Å². The fourth-order valence-electron chi connectivity index (χ4n) is 2.54. The molecule has 0 saturated heterocycles. The first-order chi connectivity index (χ1) is 13.0. The topological polar surface area (TPSA) is 74.6 Å². The van der Waals surface area contributed by atoms with Crippen molar-refractivity contribution in [3.63, 3.8) is 0 Å². The standard InChI is InChI=1S/C18H33F3N3O3P/c1-6-7-8-10-16(13-23-17(25)18(19,20)21)27-28(26-12-9-11-22)24(14(2)3)15(4)5/h14-16H,6-10,12-13H2,1-5H3,(H,23,25). The molecule has 2 unspecified atom stereocenters. The summed E-state index contributed by atoms with van der Waals surface area (Å²) < 4.78 is 51.4. The monoisotopic (exact) mass is 427 g/mol. The summed E-state index contributed by atoms with van der Waals surface area (Å²) in [4.78, 5) is 11.2. The summed E-state index contributed by atoms with van der Waals surface area (Å²) in [6.45, 7) is 9.86. The van der Waals surface area contributed by atoms with E-state index in [-0.39, 0.29) is 31.7 Å². The maximum atomic E-state index is 12.5. The average molecular weight is 427 g/mol. The number of nitrogens with one attached hydrogen (secondary N) is 1. The molecule has 0 fully saturated rings. The summed E-state index contributed by atoms with van der Waals surface area (Å²) >= 11 is 0. The Balaban J connectivity index is 5.23. The summed E-state index contributed by atoms with van der Waals surface area (Å²) in [6, 6.07) is 2.16. The molecule has 0 aromatic heterocycles. The van der Waals surface area contributed by atoms with Crippen LogP contribution in [0.15, 0.2) is 0 Å². The van der Waals surface area contributed by atoms with Crippen molar-refractivity contribution in [1.29, 1.82) is 5.26 Å². The van der Waals surface area contributed by atoms with Gasteiger partial charge in [-0.05, 0) is 34.1 Å². The van der Waals surface area contributed by atoms with E-state index in [0.717, 1.165) is 19.3 Å². The number of hydrogen-bond donors (Lipinski definition) is 1. The number of rotatable bonds is 14. The molecule has 0 radical (unpaired) electrons. The maximum absolute atomic E-state index is 12.5. The first-order valence-corrected chi connectivity index (χ1v) is 10.8. The van der Waals surface area contributed by atoms with E-state index < -0.39 is 26.7 Å². The third-order valence-corrected chi connectivity index (χ3v) is 5.96. The molecule has 0 aliphatic rings. The van der Waals surface area contributed by atoms with Crippen molar-refractivity contribution in [2.45, 2.75) is 91.1 Å². The highest BCUT2D eigenvalue weighted by molar-refractivity contribution is 7.44. The third-order valence-electron chi connectivity index (χ3n) is 3.78. The second-order valence-corrected chi connectivity index (χ2v) is 8.38. The molecule has 0 aromatic carbocycles. The normalized spacial score (nSPS) is 14.4. The molecule has 10 heteroatoms. The number of halogens is 3. The molecule has 1 amide bonds. The zero-order chi connectivity index (χ0) is 21.7. The number of carbonyl (C=O) groups is 1. The lowest BCUT2D eigenvalue weighted by Gasteiger charge is -2.37. The molecule has 1 N–H and O–H groups in total. The Bertz CT molecular complexity index is 477. The van der Waals surface area contributed by atoms with Crippen LogP contribution in [0.2, 0.25) is 0 Å². The lowest BCUT2D eigenvalue weighted by Crippen LogP contribution is -2.42. The largest absolute Gasteiger partial charge is 0.471 e. The van der Waals surface area contributed by atoms with Crippen LogP contribution in [0, 0.1) is 11.3 Å². The van der Waals surface area contributed by atoms with Gasteiger partial charge in [0.1, 0.15) is 0 Å². The first-order valence-electron chi connectivity index (χ1n) is 9.64. The van der Waals surface area contributed by atoms with Gasteiger partial charge in [0.25, 0.3) is 8.53 Å². The highest BCUT2D eigenvalue weighted by atomic mass is 31.2. The zero-order valence-electron chi connectivity index (χ0n) is 17.4. The van der Waals surface area contributed by atoms with Gasteiger partial charge in [0.2, 0.25) is 0 Å². The Labute approximate surface area is 167 Å². The van der Waals surface area contributed by atoms with Crippen LogP contribution in [0.4, 0.5) is 13.2 Å². The predicted molar refractivity (Wildman–Crippen MR) is 103 cm³/mol. The molecule has 164 valence electrons. The van der Waals surface area contributed by atoms with Crippen LogP contribution in [0.5, 0.6) is 0 Å². The van der Waals surface area contributed by atoms with Gasteiger partial charge in [0.05, 0.1) is 25.2 Å². The Kier molecular flexibility index (Phi) is 13.6. The molecule has 6 nitrogen and oxygen atoms in total. The van der Waals surface area contributed by atoms with Gasteiger partial charge in [-0.1, -0.05) is 26.2 Å². The van der Waals surface area contributed by atoms with E-state index in [9.17, 15) is 18.0 Å². The minimum absolute atomic E-state index is 0.0780. The molecular weight excluding hydrogens is 394 g/mol. The number of alkyl halides is 3.